The van der Waals surface area contributed by atoms with Crippen molar-refractivity contribution in [1.82, 2.24) is 20.8 Å². The first-order valence-electron chi connectivity index (χ1n) is 5.62. The monoisotopic (exact) mass is 220 g/mol. The fourth-order valence-corrected chi connectivity index (χ4v) is 1.85. The normalized spacial score (nSPS) is 17.0. The molecule has 16 heavy (non-hydrogen) atoms. The summed E-state index contributed by atoms with van der Waals surface area (Å²) in [4.78, 5) is 11.7. The maximum absolute atomic E-state index is 11.7. The third-order valence-electron chi connectivity index (χ3n) is 2.86. The predicted octanol–water partition coefficient (Wildman–Crippen LogP) is 0.206. The van der Waals surface area contributed by atoms with Gasteiger partial charge in [0, 0.05) is 6.54 Å². The number of aromatic nitrogens is 2. The lowest BCUT2D eigenvalue weighted by atomic mass is 9.98. The van der Waals surface area contributed by atoms with Crippen molar-refractivity contribution in [2.75, 3.05) is 19.6 Å². The quantitative estimate of drug-likeness (QED) is 0.764. The Labute approximate surface area is 94.6 Å². The number of carbonyl (C=O) groups excluding carboxylic acids is 1. The molecule has 0 atom stereocenters. The fraction of sp³-hybridized carbons (Fsp3) is 0.545. The van der Waals surface area contributed by atoms with Crippen LogP contribution in [0.1, 0.15) is 23.2 Å². The Morgan fingerprint density at radius 2 is 2.25 bits per heavy atom. The van der Waals surface area contributed by atoms with Gasteiger partial charge in [0.2, 0.25) is 0 Å². The second kappa shape index (κ2) is 5.55. The lowest BCUT2D eigenvalue weighted by Crippen LogP contribution is -2.36. The van der Waals surface area contributed by atoms with Crippen LogP contribution in [0.2, 0.25) is 0 Å². The molecule has 1 aromatic rings. The van der Waals surface area contributed by atoms with Crippen LogP contribution in [0.25, 0.3) is 0 Å². The molecule has 0 aliphatic carbocycles. The molecule has 0 radical (unpaired) electrons. The molecule has 0 aromatic carbocycles. The number of hydrogen-bond acceptors (Lipinski definition) is 4. The molecule has 0 bridgehead atoms. The zero-order chi connectivity index (χ0) is 11.2. The van der Waals surface area contributed by atoms with Crippen LogP contribution in [0.5, 0.6) is 0 Å². The third-order valence-corrected chi connectivity index (χ3v) is 2.86. The van der Waals surface area contributed by atoms with E-state index in [4.69, 9.17) is 0 Å². The molecule has 0 unspecified atom stereocenters. The van der Waals surface area contributed by atoms with Crippen molar-refractivity contribution in [3.63, 3.8) is 0 Å². The van der Waals surface area contributed by atoms with Crippen molar-refractivity contribution in [3.05, 3.63) is 24.0 Å². The first-order chi connectivity index (χ1) is 7.86. The maximum Gasteiger partial charge on any atom is 0.252 e. The molecule has 5 heteroatoms. The average Bonchev–Trinajstić information content (AvgIpc) is 2.38. The SMILES string of the molecule is O=C(NCC1CCNCC1)c1ccnnc1. The second-order valence-electron chi connectivity index (χ2n) is 4.03. The maximum atomic E-state index is 11.7. The highest BCUT2D eigenvalue weighted by Crippen LogP contribution is 2.10. The Morgan fingerprint density at radius 3 is 2.94 bits per heavy atom. The summed E-state index contributed by atoms with van der Waals surface area (Å²) >= 11 is 0. The van der Waals surface area contributed by atoms with Gasteiger partial charge in [-0.05, 0) is 37.9 Å². The molecule has 5 nitrogen and oxygen atoms in total. The number of piperidine rings is 1. The highest BCUT2D eigenvalue weighted by atomic mass is 16.1. The fourth-order valence-electron chi connectivity index (χ4n) is 1.85. The Morgan fingerprint density at radius 1 is 1.44 bits per heavy atom. The molecule has 2 rings (SSSR count). The molecule has 1 amide bonds. The minimum Gasteiger partial charge on any atom is -0.352 e. The zero-order valence-electron chi connectivity index (χ0n) is 9.15. The van der Waals surface area contributed by atoms with E-state index in [1.54, 1.807) is 6.07 Å². The molecule has 2 heterocycles. The van der Waals surface area contributed by atoms with Gasteiger partial charge in [0.25, 0.3) is 5.91 Å². The van der Waals surface area contributed by atoms with Gasteiger partial charge < -0.3 is 10.6 Å². The molecular formula is C11H16N4O. The number of hydrogen-bond donors (Lipinski definition) is 2. The zero-order valence-corrected chi connectivity index (χ0v) is 9.15. The van der Waals surface area contributed by atoms with E-state index >= 15 is 0 Å². The minimum absolute atomic E-state index is 0.0616. The van der Waals surface area contributed by atoms with E-state index in [1.807, 2.05) is 0 Å². The molecule has 1 aromatic heterocycles. The summed E-state index contributed by atoms with van der Waals surface area (Å²) in [5.41, 5.74) is 0.573. The largest absolute Gasteiger partial charge is 0.352 e. The first-order valence-corrected chi connectivity index (χ1v) is 5.62. The Hall–Kier alpha value is -1.49. The predicted molar refractivity (Wildman–Crippen MR) is 60.0 cm³/mol. The van der Waals surface area contributed by atoms with Crippen LogP contribution in [0.3, 0.4) is 0 Å². The number of rotatable bonds is 3. The van der Waals surface area contributed by atoms with E-state index in [-0.39, 0.29) is 5.91 Å². The van der Waals surface area contributed by atoms with Gasteiger partial charge in [-0.3, -0.25) is 4.79 Å². The van der Waals surface area contributed by atoms with Gasteiger partial charge in [-0.25, -0.2) is 0 Å². The van der Waals surface area contributed by atoms with Crippen LogP contribution in [0, 0.1) is 5.92 Å². The van der Waals surface area contributed by atoms with Gasteiger partial charge in [-0.1, -0.05) is 0 Å². The van der Waals surface area contributed by atoms with E-state index < -0.39 is 0 Å². The number of nitrogens with zero attached hydrogens (tertiary/aromatic N) is 2. The summed E-state index contributed by atoms with van der Waals surface area (Å²) in [6.45, 7) is 2.86. The average molecular weight is 220 g/mol. The van der Waals surface area contributed by atoms with E-state index in [2.05, 4.69) is 20.8 Å². The van der Waals surface area contributed by atoms with Crippen LogP contribution < -0.4 is 10.6 Å². The van der Waals surface area contributed by atoms with Gasteiger partial charge >= 0.3 is 0 Å². The summed E-state index contributed by atoms with van der Waals surface area (Å²) in [7, 11) is 0. The highest BCUT2D eigenvalue weighted by molar-refractivity contribution is 5.93. The minimum atomic E-state index is -0.0616. The van der Waals surface area contributed by atoms with E-state index in [1.165, 1.54) is 12.4 Å². The standard InChI is InChI=1S/C11H16N4O/c16-11(10-3-6-14-15-8-10)13-7-9-1-4-12-5-2-9/h3,6,8-9,12H,1-2,4-5,7H2,(H,13,16). The van der Waals surface area contributed by atoms with Crippen LogP contribution in [-0.4, -0.2) is 35.7 Å². The molecule has 2 N–H and O–H groups in total. The Bertz CT molecular complexity index is 335. The Balaban J connectivity index is 1.79. The molecule has 1 aliphatic rings. The van der Waals surface area contributed by atoms with Crippen LogP contribution in [0.15, 0.2) is 18.5 Å². The molecule has 1 saturated heterocycles. The van der Waals surface area contributed by atoms with Gasteiger partial charge in [0.05, 0.1) is 18.0 Å². The van der Waals surface area contributed by atoms with Gasteiger partial charge in [-0.2, -0.15) is 10.2 Å². The van der Waals surface area contributed by atoms with Gasteiger partial charge in [0.15, 0.2) is 0 Å². The van der Waals surface area contributed by atoms with Crippen molar-refractivity contribution in [2.24, 2.45) is 5.92 Å². The molecule has 86 valence electrons. The Kier molecular flexibility index (Phi) is 3.82. The number of nitrogens with one attached hydrogen (secondary N) is 2. The summed E-state index contributed by atoms with van der Waals surface area (Å²) in [5, 5.41) is 13.6. The lowest BCUT2D eigenvalue weighted by Gasteiger charge is -2.22. The topological polar surface area (TPSA) is 66.9 Å². The first kappa shape index (κ1) is 11.0. The van der Waals surface area contributed by atoms with Crippen LogP contribution in [0.4, 0.5) is 0 Å². The number of amides is 1. The summed E-state index contributed by atoms with van der Waals surface area (Å²) in [6, 6.07) is 1.67. The second-order valence-corrected chi connectivity index (χ2v) is 4.03. The number of carbonyl (C=O) groups is 1. The van der Waals surface area contributed by atoms with Gasteiger partial charge in [0.1, 0.15) is 0 Å². The van der Waals surface area contributed by atoms with Crippen molar-refractivity contribution < 1.29 is 4.79 Å². The molecule has 1 aliphatic heterocycles. The molecular weight excluding hydrogens is 204 g/mol. The summed E-state index contributed by atoms with van der Waals surface area (Å²) in [6.07, 6.45) is 5.28. The smallest absolute Gasteiger partial charge is 0.252 e. The summed E-state index contributed by atoms with van der Waals surface area (Å²) < 4.78 is 0. The molecule has 1 fully saturated rings. The van der Waals surface area contributed by atoms with Crippen molar-refractivity contribution in [3.8, 4) is 0 Å². The van der Waals surface area contributed by atoms with Crippen molar-refractivity contribution in [2.45, 2.75) is 12.8 Å². The molecule has 0 spiro atoms. The lowest BCUT2D eigenvalue weighted by molar-refractivity contribution is 0.0943. The van der Waals surface area contributed by atoms with Gasteiger partial charge in [-0.15, -0.1) is 0 Å². The van der Waals surface area contributed by atoms with E-state index in [0.29, 0.717) is 11.5 Å². The van der Waals surface area contributed by atoms with Crippen LogP contribution in [-0.2, 0) is 0 Å². The third kappa shape index (κ3) is 3.00. The molecule has 0 saturated carbocycles. The summed E-state index contributed by atoms with van der Waals surface area (Å²) in [5.74, 6) is 0.536. The van der Waals surface area contributed by atoms with Crippen LogP contribution >= 0.6 is 0 Å². The van der Waals surface area contributed by atoms with E-state index in [9.17, 15) is 4.79 Å². The van der Waals surface area contributed by atoms with E-state index in [0.717, 1.165) is 32.5 Å². The van der Waals surface area contributed by atoms with Crippen molar-refractivity contribution in [1.29, 1.82) is 0 Å². The highest BCUT2D eigenvalue weighted by Gasteiger charge is 2.14. The van der Waals surface area contributed by atoms with Crippen molar-refractivity contribution >= 4 is 5.91 Å².